The first-order valence-electron chi connectivity index (χ1n) is 10.2. The van der Waals surface area contributed by atoms with Crippen LogP contribution in [0.1, 0.15) is 25.7 Å². The van der Waals surface area contributed by atoms with Crippen LogP contribution in [0.25, 0.3) is 22.2 Å². The zero-order chi connectivity index (χ0) is 23.2. The number of aromatic nitrogens is 1. The molecule has 0 unspecified atom stereocenters. The molecule has 174 valence electrons. The van der Waals surface area contributed by atoms with E-state index in [-0.39, 0.29) is 11.5 Å². The molecule has 3 rings (SSSR count). The van der Waals surface area contributed by atoms with E-state index in [9.17, 15) is 16.8 Å². The van der Waals surface area contributed by atoms with Crippen LogP contribution in [0, 0.1) is 0 Å². The van der Waals surface area contributed by atoms with E-state index >= 15 is 0 Å². The fourth-order valence-electron chi connectivity index (χ4n) is 3.29. The smallest absolute Gasteiger partial charge is 0.393 e. The molecule has 0 fully saturated rings. The molecular weight excluding hydrogens is 474 g/mol. The molecule has 0 radical (unpaired) electrons. The zero-order valence-electron chi connectivity index (χ0n) is 17.4. The Morgan fingerprint density at radius 1 is 0.812 bits per heavy atom. The van der Waals surface area contributed by atoms with Gasteiger partial charge < -0.3 is 4.42 Å². The number of oxazole rings is 1. The van der Waals surface area contributed by atoms with E-state index in [2.05, 4.69) is 0 Å². The van der Waals surface area contributed by atoms with Crippen molar-refractivity contribution in [1.82, 2.24) is 0 Å². The maximum Gasteiger partial charge on any atom is 0.412 e. The largest absolute Gasteiger partial charge is 0.412 e. The van der Waals surface area contributed by atoms with Gasteiger partial charge in [-0.1, -0.05) is 36.4 Å². The molecule has 0 saturated heterocycles. The molecular formula is C21H26NO7S3+. The lowest BCUT2D eigenvalue weighted by Gasteiger charge is -2.01. The fraction of sp³-hybridized carbons (Fsp3) is 0.381. The monoisotopic (exact) mass is 500 g/mol. The van der Waals surface area contributed by atoms with E-state index < -0.39 is 20.2 Å². The van der Waals surface area contributed by atoms with Crippen molar-refractivity contribution in [1.29, 1.82) is 0 Å². The molecule has 0 aliphatic rings. The molecule has 0 bridgehead atoms. The first-order chi connectivity index (χ1) is 15.1. The topological polar surface area (TPSA) is 126 Å². The lowest BCUT2D eigenvalue weighted by molar-refractivity contribution is -0.716. The molecule has 0 aliphatic carbocycles. The second-order valence-electron chi connectivity index (χ2n) is 7.40. The highest BCUT2D eigenvalue weighted by Gasteiger charge is 2.24. The molecule has 0 aliphatic heterocycles. The van der Waals surface area contributed by atoms with Crippen LogP contribution in [0.4, 0.5) is 0 Å². The van der Waals surface area contributed by atoms with Crippen molar-refractivity contribution in [3.63, 3.8) is 0 Å². The number of thioether (sulfide) groups is 1. The van der Waals surface area contributed by atoms with Crippen LogP contribution in [0.3, 0.4) is 0 Å². The van der Waals surface area contributed by atoms with Crippen LogP contribution in [0.2, 0.25) is 0 Å². The minimum Gasteiger partial charge on any atom is -0.393 e. The van der Waals surface area contributed by atoms with Crippen molar-refractivity contribution >= 4 is 43.1 Å². The summed E-state index contributed by atoms with van der Waals surface area (Å²) in [7, 11) is -7.96. The zero-order valence-corrected chi connectivity index (χ0v) is 19.8. The number of aryl methyl sites for hydroxylation is 1. The lowest BCUT2D eigenvalue weighted by atomic mass is 10.1. The first kappa shape index (κ1) is 24.7. The van der Waals surface area contributed by atoms with E-state index in [1.54, 1.807) is 0 Å². The highest BCUT2D eigenvalue weighted by molar-refractivity contribution is 7.98. The van der Waals surface area contributed by atoms with E-state index in [1.165, 1.54) is 11.8 Å². The van der Waals surface area contributed by atoms with Crippen LogP contribution in [-0.2, 0) is 26.8 Å². The van der Waals surface area contributed by atoms with Gasteiger partial charge in [-0.15, -0.1) is 0 Å². The summed E-state index contributed by atoms with van der Waals surface area (Å²) in [5.74, 6) is 0.0341. The minimum absolute atomic E-state index is 0.274. The van der Waals surface area contributed by atoms with Gasteiger partial charge in [-0.25, -0.2) is 0 Å². The number of benzene rings is 2. The standard InChI is InChI=1S/C21H25NO7S3/c23-31(24,25)14-6-4-12-22-19-16-18(17-8-2-1-3-9-17)10-11-20(19)29-21(22)30-13-5-7-15-32(26,27)28/h1-3,8-11,16H,4-7,12-15H2,(H-,23,24,25,26,27,28)/p+1. The van der Waals surface area contributed by atoms with Crippen molar-refractivity contribution in [3.8, 4) is 11.1 Å². The molecule has 32 heavy (non-hydrogen) atoms. The second-order valence-corrected chi connectivity index (χ2v) is 11.6. The third-order valence-electron chi connectivity index (χ3n) is 4.83. The van der Waals surface area contributed by atoms with E-state index in [0.29, 0.717) is 48.8 Å². The number of nitrogens with zero attached hydrogens (tertiary/aromatic N) is 1. The molecule has 8 nitrogen and oxygen atoms in total. The summed E-state index contributed by atoms with van der Waals surface area (Å²) >= 11 is 1.44. The summed E-state index contributed by atoms with van der Waals surface area (Å²) in [6, 6.07) is 15.8. The van der Waals surface area contributed by atoms with Gasteiger partial charge in [0.05, 0.1) is 11.5 Å². The van der Waals surface area contributed by atoms with E-state index in [0.717, 1.165) is 16.6 Å². The van der Waals surface area contributed by atoms with Crippen LogP contribution in [0.15, 0.2) is 58.2 Å². The Bertz CT molecular complexity index is 1250. The summed E-state index contributed by atoms with van der Waals surface area (Å²) in [6.45, 7) is 0.508. The molecule has 0 spiro atoms. The average Bonchev–Trinajstić information content (AvgIpc) is 3.06. The van der Waals surface area contributed by atoms with Crippen LogP contribution >= 0.6 is 11.8 Å². The number of fused-ring (bicyclic) bond motifs is 1. The minimum atomic E-state index is -4.00. The summed E-state index contributed by atoms with van der Waals surface area (Å²) in [4.78, 5) is 0. The average molecular weight is 501 g/mol. The van der Waals surface area contributed by atoms with Gasteiger partial charge in [0.25, 0.3) is 25.8 Å². The molecule has 0 amide bonds. The van der Waals surface area contributed by atoms with Gasteiger partial charge in [0, 0.05) is 18.2 Å². The molecule has 1 heterocycles. The highest BCUT2D eigenvalue weighted by atomic mass is 32.2. The highest BCUT2D eigenvalue weighted by Crippen LogP contribution is 2.27. The molecule has 0 saturated carbocycles. The third kappa shape index (κ3) is 7.59. The van der Waals surface area contributed by atoms with Crippen molar-refractivity contribution in [3.05, 3.63) is 48.5 Å². The Kier molecular flexibility index (Phi) is 8.34. The van der Waals surface area contributed by atoms with E-state index in [1.807, 2.05) is 53.1 Å². The predicted octanol–water partition coefficient (Wildman–Crippen LogP) is 3.82. The molecule has 1 aromatic heterocycles. The molecule has 3 aromatic rings. The van der Waals surface area contributed by atoms with Gasteiger partial charge >= 0.3 is 5.22 Å². The van der Waals surface area contributed by atoms with Crippen molar-refractivity contribution in [2.45, 2.75) is 37.5 Å². The summed E-state index contributed by atoms with van der Waals surface area (Å²) < 4.78 is 69.6. The summed E-state index contributed by atoms with van der Waals surface area (Å²) in [6.07, 6.45) is 1.78. The Labute approximate surface area is 192 Å². The Balaban J connectivity index is 1.80. The third-order valence-corrected chi connectivity index (χ3v) is 7.48. The molecule has 0 atom stereocenters. The molecule has 11 heteroatoms. The Hall–Kier alpha value is -1.92. The maximum atomic E-state index is 11.0. The van der Waals surface area contributed by atoms with Crippen molar-refractivity contribution < 1.29 is 34.9 Å². The SMILES string of the molecule is O=S(=O)(O)CCCCSc1oc2ccc(-c3ccccc3)cc2[n+]1CCCCS(=O)(=O)O. The van der Waals surface area contributed by atoms with Crippen LogP contribution in [-0.4, -0.2) is 43.2 Å². The van der Waals surface area contributed by atoms with Gasteiger partial charge in [0.1, 0.15) is 0 Å². The summed E-state index contributed by atoms with van der Waals surface area (Å²) in [5.41, 5.74) is 3.65. The van der Waals surface area contributed by atoms with Crippen molar-refractivity contribution in [2.75, 3.05) is 17.3 Å². The number of hydrogen-bond donors (Lipinski definition) is 2. The Morgan fingerprint density at radius 3 is 2.12 bits per heavy atom. The number of hydrogen-bond acceptors (Lipinski definition) is 6. The van der Waals surface area contributed by atoms with Gasteiger partial charge in [-0.05, 0) is 48.2 Å². The van der Waals surface area contributed by atoms with Gasteiger partial charge in [0.2, 0.25) is 5.58 Å². The lowest BCUT2D eigenvalue weighted by Crippen LogP contribution is -2.35. The van der Waals surface area contributed by atoms with E-state index in [4.69, 9.17) is 13.5 Å². The quantitative estimate of drug-likeness (QED) is 0.166. The van der Waals surface area contributed by atoms with Gasteiger partial charge in [-0.3, -0.25) is 9.11 Å². The number of unbranched alkanes of at least 4 members (excludes halogenated alkanes) is 2. The van der Waals surface area contributed by atoms with Gasteiger partial charge in [0.15, 0.2) is 6.54 Å². The van der Waals surface area contributed by atoms with Gasteiger partial charge in [-0.2, -0.15) is 21.4 Å². The summed E-state index contributed by atoms with van der Waals surface area (Å²) in [5, 5.41) is 0.643. The van der Waals surface area contributed by atoms with Crippen molar-refractivity contribution in [2.24, 2.45) is 0 Å². The van der Waals surface area contributed by atoms with Crippen LogP contribution in [0.5, 0.6) is 0 Å². The van der Waals surface area contributed by atoms with Crippen LogP contribution < -0.4 is 4.57 Å². The predicted molar refractivity (Wildman–Crippen MR) is 124 cm³/mol. The second kappa shape index (κ2) is 10.8. The number of rotatable bonds is 12. The molecule has 2 N–H and O–H groups in total. The maximum absolute atomic E-state index is 11.0. The fourth-order valence-corrected chi connectivity index (χ4v) is 5.45. The first-order valence-corrected chi connectivity index (χ1v) is 14.4. The normalized spacial score (nSPS) is 12.4. The Morgan fingerprint density at radius 2 is 1.47 bits per heavy atom. The molecule has 2 aromatic carbocycles.